The summed E-state index contributed by atoms with van der Waals surface area (Å²) in [5.41, 5.74) is 0. The number of nitrogens with one attached hydrogen (secondary N) is 2. The van der Waals surface area contributed by atoms with Crippen molar-refractivity contribution in [1.29, 1.82) is 0 Å². The summed E-state index contributed by atoms with van der Waals surface area (Å²) in [4.78, 5) is 6.79. The molecule has 0 aromatic heterocycles. The fourth-order valence-electron chi connectivity index (χ4n) is 2.34. The zero-order valence-electron chi connectivity index (χ0n) is 12.4. The highest BCUT2D eigenvalue weighted by atomic mass is 127. The molecule has 0 aromatic rings. The van der Waals surface area contributed by atoms with Crippen LogP contribution in [0.5, 0.6) is 0 Å². The van der Waals surface area contributed by atoms with E-state index in [4.69, 9.17) is 4.74 Å². The fourth-order valence-corrected chi connectivity index (χ4v) is 2.34. The Bertz CT molecular complexity index is 245. The van der Waals surface area contributed by atoms with Gasteiger partial charge in [0.25, 0.3) is 0 Å². The zero-order valence-corrected chi connectivity index (χ0v) is 14.8. The number of halogens is 1. The van der Waals surface area contributed by atoms with E-state index in [9.17, 15) is 0 Å². The molecule has 1 atom stereocenters. The molecule has 5 nitrogen and oxygen atoms in total. The molecule has 0 bridgehead atoms. The van der Waals surface area contributed by atoms with Gasteiger partial charge in [0.15, 0.2) is 5.96 Å². The number of methoxy groups -OCH3 is 1. The van der Waals surface area contributed by atoms with Crippen LogP contribution in [0.4, 0.5) is 0 Å². The molecule has 1 heterocycles. The van der Waals surface area contributed by atoms with Crippen LogP contribution in [0.25, 0.3) is 0 Å². The van der Waals surface area contributed by atoms with Crippen molar-refractivity contribution in [2.45, 2.75) is 32.2 Å². The van der Waals surface area contributed by atoms with Gasteiger partial charge in [-0.15, -0.1) is 24.0 Å². The Balaban J connectivity index is 0.00000324. The first kappa shape index (κ1) is 18.9. The fraction of sp³-hybridized carbons (Fsp3) is 0.923. The Morgan fingerprint density at radius 1 is 1.32 bits per heavy atom. The van der Waals surface area contributed by atoms with E-state index in [0.717, 1.165) is 19.0 Å². The first-order chi connectivity index (χ1) is 8.81. The van der Waals surface area contributed by atoms with Gasteiger partial charge in [0, 0.05) is 33.3 Å². The van der Waals surface area contributed by atoms with E-state index >= 15 is 0 Å². The maximum atomic E-state index is 5.01. The molecule has 0 saturated carbocycles. The highest BCUT2D eigenvalue weighted by Gasteiger charge is 2.20. The van der Waals surface area contributed by atoms with Crippen LogP contribution >= 0.6 is 24.0 Å². The van der Waals surface area contributed by atoms with Gasteiger partial charge in [0.05, 0.1) is 6.61 Å². The summed E-state index contributed by atoms with van der Waals surface area (Å²) < 4.78 is 5.01. The van der Waals surface area contributed by atoms with Crippen LogP contribution in [0.1, 0.15) is 26.2 Å². The van der Waals surface area contributed by atoms with E-state index in [2.05, 4.69) is 27.4 Å². The van der Waals surface area contributed by atoms with Crippen molar-refractivity contribution in [2.24, 2.45) is 4.99 Å². The lowest BCUT2D eigenvalue weighted by Crippen LogP contribution is -2.46. The molecule has 0 amide bonds. The van der Waals surface area contributed by atoms with Crippen molar-refractivity contribution in [2.75, 3.05) is 46.9 Å². The monoisotopic (exact) mass is 384 g/mol. The molecule has 2 N–H and O–H groups in total. The number of likely N-dealkylation sites (tertiary alicyclic amines) is 1. The molecule has 1 aliphatic rings. The van der Waals surface area contributed by atoms with Gasteiger partial charge in [0.1, 0.15) is 0 Å². The molecular formula is C13H29IN4O. The molecule has 1 unspecified atom stereocenters. The van der Waals surface area contributed by atoms with Crippen molar-refractivity contribution in [3.05, 3.63) is 0 Å². The highest BCUT2D eigenvalue weighted by molar-refractivity contribution is 14.0. The number of rotatable bonds is 7. The number of hydrogen-bond donors (Lipinski definition) is 2. The second-order valence-electron chi connectivity index (χ2n) is 4.68. The highest BCUT2D eigenvalue weighted by Crippen LogP contribution is 2.13. The number of hydrogen-bond acceptors (Lipinski definition) is 3. The molecule has 114 valence electrons. The lowest BCUT2D eigenvalue weighted by Gasteiger charge is -2.27. The Hall–Kier alpha value is -0.0800. The lowest BCUT2D eigenvalue weighted by molar-refractivity contribution is 0.203. The second kappa shape index (κ2) is 11.7. The van der Waals surface area contributed by atoms with Crippen molar-refractivity contribution in [1.82, 2.24) is 15.5 Å². The van der Waals surface area contributed by atoms with Crippen LogP contribution in [0.2, 0.25) is 0 Å². The molecule has 0 aromatic carbocycles. The standard InChI is InChI=1S/C13H28N4O.HI/c1-4-12(17-8-5-6-9-17)11-16-13(14-2)15-7-10-18-3;/h12H,4-11H2,1-3H3,(H2,14,15,16);1H. The summed E-state index contributed by atoms with van der Waals surface area (Å²) in [6, 6.07) is 0.619. The molecule has 1 saturated heterocycles. The van der Waals surface area contributed by atoms with Gasteiger partial charge in [-0.3, -0.25) is 9.89 Å². The number of ether oxygens (including phenoxy) is 1. The predicted molar refractivity (Wildman–Crippen MR) is 91.5 cm³/mol. The Labute approximate surface area is 134 Å². The van der Waals surface area contributed by atoms with Crippen LogP contribution in [-0.4, -0.2) is 63.8 Å². The maximum absolute atomic E-state index is 5.01. The quantitative estimate of drug-likeness (QED) is 0.301. The SMILES string of the molecule is CCC(CNC(=NC)NCCOC)N1CCCC1.I. The first-order valence-electron chi connectivity index (χ1n) is 6.99. The molecule has 1 fully saturated rings. The second-order valence-corrected chi connectivity index (χ2v) is 4.68. The van der Waals surface area contributed by atoms with Gasteiger partial charge >= 0.3 is 0 Å². The molecule has 1 rings (SSSR count). The van der Waals surface area contributed by atoms with Gasteiger partial charge < -0.3 is 15.4 Å². The predicted octanol–water partition coefficient (Wildman–Crippen LogP) is 1.29. The lowest BCUT2D eigenvalue weighted by atomic mass is 10.2. The third-order valence-corrected chi connectivity index (χ3v) is 3.46. The van der Waals surface area contributed by atoms with Crippen LogP contribution in [0.15, 0.2) is 4.99 Å². The minimum atomic E-state index is 0. The summed E-state index contributed by atoms with van der Waals surface area (Å²) in [6.07, 6.45) is 3.87. The van der Waals surface area contributed by atoms with Crippen molar-refractivity contribution in [3.8, 4) is 0 Å². The maximum Gasteiger partial charge on any atom is 0.191 e. The van der Waals surface area contributed by atoms with Gasteiger partial charge in [0.2, 0.25) is 0 Å². The average molecular weight is 384 g/mol. The van der Waals surface area contributed by atoms with Crippen LogP contribution < -0.4 is 10.6 Å². The third-order valence-electron chi connectivity index (χ3n) is 3.46. The molecule has 6 heteroatoms. The summed E-state index contributed by atoms with van der Waals surface area (Å²) in [6.45, 7) is 7.20. The van der Waals surface area contributed by atoms with Gasteiger partial charge in [-0.1, -0.05) is 6.92 Å². The van der Waals surface area contributed by atoms with Gasteiger partial charge in [-0.05, 0) is 32.4 Å². The Morgan fingerprint density at radius 3 is 2.53 bits per heavy atom. The minimum Gasteiger partial charge on any atom is -0.383 e. The average Bonchev–Trinajstić information content (AvgIpc) is 2.91. The molecule has 0 radical (unpaired) electrons. The number of nitrogens with zero attached hydrogens (tertiary/aromatic N) is 2. The van der Waals surface area contributed by atoms with Crippen molar-refractivity contribution in [3.63, 3.8) is 0 Å². The molecular weight excluding hydrogens is 355 g/mol. The van der Waals surface area contributed by atoms with Crippen LogP contribution in [0.3, 0.4) is 0 Å². The normalized spacial score (nSPS) is 17.9. The summed E-state index contributed by atoms with van der Waals surface area (Å²) in [5.74, 6) is 0.865. The van der Waals surface area contributed by atoms with E-state index in [0.29, 0.717) is 12.6 Å². The van der Waals surface area contributed by atoms with E-state index in [1.807, 2.05) is 0 Å². The summed E-state index contributed by atoms with van der Waals surface area (Å²) >= 11 is 0. The molecule has 0 aliphatic carbocycles. The summed E-state index contributed by atoms with van der Waals surface area (Å²) in [7, 11) is 3.51. The van der Waals surface area contributed by atoms with E-state index in [-0.39, 0.29) is 24.0 Å². The smallest absolute Gasteiger partial charge is 0.191 e. The van der Waals surface area contributed by atoms with Crippen LogP contribution in [0, 0.1) is 0 Å². The summed E-state index contributed by atoms with van der Waals surface area (Å²) in [5, 5.41) is 6.63. The van der Waals surface area contributed by atoms with Gasteiger partial charge in [-0.25, -0.2) is 0 Å². The third kappa shape index (κ3) is 7.31. The van der Waals surface area contributed by atoms with Crippen molar-refractivity contribution < 1.29 is 4.74 Å². The number of aliphatic imine (C=N–C) groups is 1. The van der Waals surface area contributed by atoms with Crippen LogP contribution in [-0.2, 0) is 4.74 Å². The van der Waals surface area contributed by atoms with E-state index in [1.54, 1.807) is 14.2 Å². The first-order valence-corrected chi connectivity index (χ1v) is 6.99. The zero-order chi connectivity index (χ0) is 13.2. The topological polar surface area (TPSA) is 48.9 Å². The van der Waals surface area contributed by atoms with Gasteiger partial charge in [-0.2, -0.15) is 0 Å². The van der Waals surface area contributed by atoms with E-state index < -0.39 is 0 Å². The minimum absolute atomic E-state index is 0. The Kier molecular flexibility index (Phi) is 11.7. The molecule has 19 heavy (non-hydrogen) atoms. The van der Waals surface area contributed by atoms with E-state index in [1.165, 1.54) is 32.4 Å². The largest absolute Gasteiger partial charge is 0.383 e. The Morgan fingerprint density at radius 2 is 2.00 bits per heavy atom. The van der Waals surface area contributed by atoms with Crippen molar-refractivity contribution >= 4 is 29.9 Å². The molecule has 0 spiro atoms. The number of guanidine groups is 1. The molecule has 1 aliphatic heterocycles.